The van der Waals surface area contributed by atoms with Gasteiger partial charge in [-0.05, 0) is 26.9 Å². The third kappa shape index (κ3) is 3.02. The van der Waals surface area contributed by atoms with Crippen molar-refractivity contribution in [2.24, 2.45) is 0 Å². The molecule has 88 valence electrons. The second-order valence-electron chi connectivity index (χ2n) is 4.35. The molecule has 1 aromatic heterocycles. The molecule has 5 heteroatoms. The van der Waals surface area contributed by atoms with Gasteiger partial charge in [0.05, 0.1) is 17.1 Å². The monoisotopic (exact) mass is 239 g/mol. The van der Waals surface area contributed by atoms with Crippen molar-refractivity contribution in [1.82, 2.24) is 15.2 Å². The van der Waals surface area contributed by atoms with Crippen LogP contribution in [0.1, 0.15) is 17.1 Å². The summed E-state index contributed by atoms with van der Waals surface area (Å²) < 4.78 is 0. The fraction of sp³-hybridized carbons (Fsp3) is 0.636. The summed E-state index contributed by atoms with van der Waals surface area (Å²) in [5.74, 6) is 0.0885. The van der Waals surface area contributed by atoms with Gasteiger partial charge in [-0.15, -0.1) is 11.3 Å². The molecule has 1 saturated heterocycles. The third-order valence-corrected chi connectivity index (χ3v) is 3.59. The predicted octanol–water partition coefficient (Wildman–Crippen LogP) is 0.814. The second-order valence-corrected chi connectivity index (χ2v) is 5.41. The number of nitrogens with one attached hydrogen (secondary N) is 1. The summed E-state index contributed by atoms with van der Waals surface area (Å²) in [6, 6.07) is 0.317. The maximum atomic E-state index is 11.7. The minimum absolute atomic E-state index is 0.0885. The molecule has 1 fully saturated rings. The van der Waals surface area contributed by atoms with E-state index in [0.717, 1.165) is 30.2 Å². The fourth-order valence-corrected chi connectivity index (χ4v) is 2.60. The van der Waals surface area contributed by atoms with Crippen LogP contribution in [-0.4, -0.2) is 42.0 Å². The van der Waals surface area contributed by atoms with Crippen molar-refractivity contribution in [3.05, 3.63) is 16.1 Å². The van der Waals surface area contributed by atoms with E-state index in [0.29, 0.717) is 12.5 Å². The highest BCUT2D eigenvalue weighted by atomic mass is 32.1. The second kappa shape index (κ2) is 4.93. The highest BCUT2D eigenvalue weighted by Gasteiger charge is 2.21. The molecule has 0 aromatic carbocycles. The van der Waals surface area contributed by atoms with Crippen LogP contribution in [0.4, 0.5) is 0 Å². The Kier molecular flexibility index (Phi) is 3.56. The van der Waals surface area contributed by atoms with Crippen molar-refractivity contribution in [2.45, 2.75) is 25.8 Å². The fourth-order valence-electron chi connectivity index (χ4n) is 1.99. The Morgan fingerprint density at radius 3 is 3.12 bits per heavy atom. The number of amides is 1. The Balaban J connectivity index is 1.80. The van der Waals surface area contributed by atoms with Gasteiger partial charge in [-0.3, -0.25) is 4.79 Å². The van der Waals surface area contributed by atoms with E-state index in [9.17, 15) is 4.79 Å². The van der Waals surface area contributed by atoms with E-state index in [1.165, 1.54) is 0 Å². The molecule has 1 aliphatic heterocycles. The molecular formula is C11H17N3OS. The van der Waals surface area contributed by atoms with Crippen LogP contribution in [0.5, 0.6) is 0 Å². The Morgan fingerprint density at radius 2 is 2.56 bits per heavy atom. The lowest BCUT2D eigenvalue weighted by Gasteiger charge is -2.12. The average Bonchev–Trinajstić information content (AvgIpc) is 2.76. The molecule has 0 saturated carbocycles. The van der Waals surface area contributed by atoms with Gasteiger partial charge in [-0.25, -0.2) is 4.98 Å². The van der Waals surface area contributed by atoms with Gasteiger partial charge < -0.3 is 10.2 Å². The van der Waals surface area contributed by atoms with E-state index >= 15 is 0 Å². The van der Waals surface area contributed by atoms with Gasteiger partial charge in [0.2, 0.25) is 5.91 Å². The molecule has 2 heterocycles. The lowest BCUT2D eigenvalue weighted by Crippen LogP contribution is -2.37. The molecule has 1 aliphatic rings. The first-order chi connectivity index (χ1) is 7.63. The van der Waals surface area contributed by atoms with E-state index in [2.05, 4.69) is 22.2 Å². The normalized spacial score (nSPS) is 21.2. The lowest BCUT2D eigenvalue weighted by atomic mass is 10.2. The number of carbonyl (C=O) groups excluding carboxylic acids is 1. The Morgan fingerprint density at radius 1 is 1.75 bits per heavy atom. The number of nitrogens with zero attached hydrogens (tertiary/aromatic N) is 2. The number of hydrogen-bond donors (Lipinski definition) is 1. The van der Waals surface area contributed by atoms with Crippen molar-refractivity contribution in [2.75, 3.05) is 20.1 Å². The number of thiazole rings is 1. The molecule has 16 heavy (non-hydrogen) atoms. The zero-order chi connectivity index (χ0) is 11.5. The van der Waals surface area contributed by atoms with Crippen LogP contribution in [0.3, 0.4) is 0 Å². The number of aromatic nitrogens is 1. The van der Waals surface area contributed by atoms with Gasteiger partial charge in [0.1, 0.15) is 0 Å². The Bertz CT molecular complexity index is 377. The largest absolute Gasteiger partial charge is 0.352 e. The first-order valence-corrected chi connectivity index (χ1v) is 6.40. The Hall–Kier alpha value is -0.940. The predicted molar refractivity (Wildman–Crippen MR) is 64.6 cm³/mol. The number of likely N-dealkylation sites (N-methyl/N-ethyl adjacent to an activating group) is 1. The smallest absolute Gasteiger partial charge is 0.226 e. The summed E-state index contributed by atoms with van der Waals surface area (Å²) in [6.45, 7) is 3.99. The van der Waals surface area contributed by atoms with Gasteiger partial charge >= 0.3 is 0 Å². The van der Waals surface area contributed by atoms with Crippen molar-refractivity contribution < 1.29 is 4.79 Å². The minimum atomic E-state index is 0.0885. The lowest BCUT2D eigenvalue weighted by molar-refractivity contribution is -0.121. The number of hydrogen-bond acceptors (Lipinski definition) is 4. The number of aryl methyl sites for hydroxylation is 1. The number of likely N-dealkylation sites (tertiary alicyclic amines) is 1. The zero-order valence-electron chi connectivity index (χ0n) is 9.69. The van der Waals surface area contributed by atoms with Crippen molar-refractivity contribution in [3.8, 4) is 0 Å². The van der Waals surface area contributed by atoms with Gasteiger partial charge in [-0.2, -0.15) is 0 Å². The number of rotatable bonds is 3. The molecule has 2 rings (SSSR count). The van der Waals surface area contributed by atoms with E-state index in [4.69, 9.17) is 0 Å². The molecule has 1 atom stereocenters. The quantitative estimate of drug-likeness (QED) is 0.849. The molecule has 0 aliphatic carbocycles. The molecule has 1 amide bonds. The van der Waals surface area contributed by atoms with Crippen LogP contribution in [0, 0.1) is 6.92 Å². The van der Waals surface area contributed by atoms with E-state index < -0.39 is 0 Å². The maximum Gasteiger partial charge on any atom is 0.226 e. The van der Waals surface area contributed by atoms with Gasteiger partial charge in [-0.1, -0.05) is 0 Å². The summed E-state index contributed by atoms with van der Waals surface area (Å²) in [5.41, 5.74) is 0.881. The van der Waals surface area contributed by atoms with E-state index in [1.54, 1.807) is 11.3 Å². The highest BCUT2D eigenvalue weighted by molar-refractivity contribution is 7.09. The third-order valence-electron chi connectivity index (χ3n) is 2.76. The minimum Gasteiger partial charge on any atom is -0.352 e. The maximum absolute atomic E-state index is 11.7. The van der Waals surface area contributed by atoms with Crippen molar-refractivity contribution in [1.29, 1.82) is 0 Å². The van der Waals surface area contributed by atoms with Crippen LogP contribution >= 0.6 is 11.3 Å². The van der Waals surface area contributed by atoms with E-state index in [1.807, 2.05) is 12.3 Å². The van der Waals surface area contributed by atoms with Gasteiger partial charge in [0.25, 0.3) is 0 Å². The SMILES string of the molecule is Cc1nc(CC(=O)NC2CCN(C)C2)cs1. The molecular weight excluding hydrogens is 222 g/mol. The molecule has 0 bridgehead atoms. The van der Waals surface area contributed by atoms with Crippen molar-refractivity contribution >= 4 is 17.2 Å². The molecule has 4 nitrogen and oxygen atoms in total. The first-order valence-electron chi connectivity index (χ1n) is 5.52. The zero-order valence-corrected chi connectivity index (χ0v) is 10.5. The number of carbonyl (C=O) groups is 1. The summed E-state index contributed by atoms with van der Waals surface area (Å²) in [7, 11) is 2.08. The van der Waals surface area contributed by atoms with Gasteiger partial charge in [0, 0.05) is 18.0 Å². The standard InChI is InChI=1S/C11H17N3OS/c1-8-12-10(7-16-8)5-11(15)13-9-3-4-14(2)6-9/h7,9H,3-6H2,1-2H3,(H,13,15). The molecule has 1 unspecified atom stereocenters. The van der Waals surface area contributed by atoms with Crippen LogP contribution in [0.25, 0.3) is 0 Å². The summed E-state index contributed by atoms with van der Waals surface area (Å²) in [4.78, 5) is 18.2. The summed E-state index contributed by atoms with van der Waals surface area (Å²) in [6.07, 6.45) is 1.46. The topological polar surface area (TPSA) is 45.2 Å². The molecule has 1 aromatic rings. The van der Waals surface area contributed by atoms with E-state index in [-0.39, 0.29) is 5.91 Å². The van der Waals surface area contributed by atoms with Crippen LogP contribution in [-0.2, 0) is 11.2 Å². The van der Waals surface area contributed by atoms with Crippen LogP contribution in [0.2, 0.25) is 0 Å². The van der Waals surface area contributed by atoms with Crippen LogP contribution in [0.15, 0.2) is 5.38 Å². The first kappa shape index (κ1) is 11.5. The summed E-state index contributed by atoms with van der Waals surface area (Å²) >= 11 is 1.59. The molecule has 0 spiro atoms. The highest BCUT2D eigenvalue weighted by Crippen LogP contribution is 2.09. The average molecular weight is 239 g/mol. The van der Waals surface area contributed by atoms with Crippen LogP contribution < -0.4 is 5.32 Å². The van der Waals surface area contributed by atoms with Crippen molar-refractivity contribution in [3.63, 3.8) is 0 Å². The van der Waals surface area contributed by atoms with Gasteiger partial charge in [0.15, 0.2) is 0 Å². The summed E-state index contributed by atoms with van der Waals surface area (Å²) in [5, 5.41) is 6.02. The molecule has 0 radical (unpaired) electrons. The molecule has 1 N–H and O–H groups in total. The Labute approximate surface area is 99.7 Å².